The second-order valence-electron chi connectivity index (χ2n) is 4.08. The van der Waals surface area contributed by atoms with Gasteiger partial charge >= 0.3 is 6.03 Å². The number of carbonyl (C=O) groups excluding carboxylic acids is 2. The number of benzene rings is 1. The Kier molecular flexibility index (Phi) is 5.77. The summed E-state index contributed by atoms with van der Waals surface area (Å²) in [5, 5.41) is 24.5. The van der Waals surface area contributed by atoms with Crippen LogP contribution in [0, 0.1) is 3.95 Å². The van der Waals surface area contributed by atoms with E-state index in [1.807, 2.05) is 0 Å². The Morgan fingerprint density at radius 1 is 1.43 bits per heavy atom. The van der Waals surface area contributed by atoms with Gasteiger partial charge in [0.25, 0.3) is 5.91 Å². The van der Waals surface area contributed by atoms with Crippen molar-refractivity contribution < 1.29 is 14.7 Å². The van der Waals surface area contributed by atoms with Crippen molar-refractivity contribution in [3.63, 3.8) is 0 Å². The maximum absolute atomic E-state index is 11.5. The van der Waals surface area contributed by atoms with Gasteiger partial charge in [-0.15, -0.1) is 5.10 Å². The molecule has 1 aromatic heterocycles. The first-order valence-corrected chi connectivity index (χ1v) is 7.47. The minimum absolute atomic E-state index is 0.0457. The molecule has 1 aromatic carbocycles. The van der Waals surface area contributed by atoms with Crippen molar-refractivity contribution in [3.8, 4) is 5.75 Å². The van der Waals surface area contributed by atoms with Crippen molar-refractivity contribution in [3.05, 3.63) is 33.8 Å². The first-order chi connectivity index (χ1) is 11.0. The summed E-state index contributed by atoms with van der Waals surface area (Å²) in [5.41, 5.74) is 2.68. The number of aromatic nitrogens is 2. The molecule has 0 aliphatic heterocycles. The molecule has 5 N–H and O–H groups in total. The Balaban J connectivity index is 1.73. The number of para-hydroxylation sites is 1. The summed E-state index contributed by atoms with van der Waals surface area (Å²) in [6, 6.07) is 5.93. The average molecular weight is 352 g/mol. The van der Waals surface area contributed by atoms with Crippen LogP contribution in [0.4, 0.5) is 9.93 Å². The first kappa shape index (κ1) is 16.6. The maximum Gasteiger partial charge on any atom is 0.321 e. The fraction of sp³-hybridized carbons (Fsp3) is 0.0833. The highest BCUT2D eigenvalue weighted by Crippen LogP contribution is 2.12. The van der Waals surface area contributed by atoms with Crippen molar-refractivity contribution in [1.29, 1.82) is 0 Å². The van der Waals surface area contributed by atoms with E-state index in [-0.39, 0.29) is 12.3 Å². The molecule has 23 heavy (non-hydrogen) atoms. The third kappa shape index (κ3) is 5.48. The fourth-order valence-electron chi connectivity index (χ4n) is 1.40. The Labute approximate surface area is 139 Å². The summed E-state index contributed by atoms with van der Waals surface area (Å²) in [7, 11) is 0. The SMILES string of the molecule is O=C(CNC(=O)Nc1n[nH]c(=S)s1)NN=Cc1ccccc1O. The second kappa shape index (κ2) is 8.00. The monoisotopic (exact) mass is 352 g/mol. The molecule has 0 aliphatic carbocycles. The number of urea groups is 1. The van der Waals surface area contributed by atoms with E-state index < -0.39 is 11.9 Å². The van der Waals surface area contributed by atoms with Gasteiger partial charge in [0.05, 0.1) is 6.21 Å². The maximum atomic E-state index is 11.5. The lowest BCUT2D eigenvalue weighted by molar-refractivity contribution is -0.120. The van der Waals surface area contributed by atoms with Crippen LogP contribution in [0.5, 0.6) is 5.75 Å². The van der Waals surface area contributed by atoms with Gasteiger partial charge in [-0.1, -0.05) is 23.5 Å². The zero-order valence-electron chi connectivity index (χ0n) is 11.6. The lowest BCUT2D eigenvalue weighted by Gasteiger charge is -2.03. The third-order valence-electron chi connectivity index (χ3n) is 2.40. The van der Waals surface area contributed by atoms with Gasteiger partial charge in [0.2, 0.25) is 5.13 Å². The number of aromatic hydroxyl groups is 1. The predicted molar refractivity (Wildman–Crippen MR) is 88.2 cm³/mol. The van der Waals surface area contributed by atoms with Crippen LogP contribution < -0.4 is 16.1 Å². The van der Waals surface area contributed by atoms with E-state index >= 15 is 0 Å². The van der Waals surface area contributed by atoms with Crippen LogP contribution in [0.1, 0.15) is 5.56 Å². The Bertz CT molecular complexity index is 785. The molecule has 0 aliphatic rings. The number of H-pyrrole nitrogens is 1. The van der Waals surface area contributed by atoms with E-state index in [0.717, 1.165) is 11.3 Å². The van der Waals surface area contributed by atoms with Gasteiger partial charge in [-0.2, -0.15) is 5.10 Å². The van der Waals surface area contributed by atoms with Crippen molar-refractivity contribution >= 4 is 46.8 Å². The quantitative estimate of drug-likeness (QED) is 0.313. The number of phenolic OH excluding ortho intramolecular Hbond substituents is 1. The van der Waals surface area contributed by atoms with E-state index in [2.05, 4.69) is 31.4 Å². The van der Waals surface area contributed by atoms with Gasteiger partial charge in [-0.05, 0) is 24.4 Å². The summed E-state index contributed by atoms with van der Waals surface area (Å²) in [4.78, 5) is 23.0. The molecule has 0 fully saturated rings. The summed E-state index contributed by atoms with van der Waals surface area (Å²) < 4.78 is 0.427. The van der Waals surface area contributed by atoms with Gasteiger partial charge in [0, 0.05) is 5.56 Å². The number of carbonyl (C=O) groups is 2. The number of hydrazone groups is 1. The summed E-state index contributed by atoms with van der Waals surface area (Å²) in [5.74, 6) is -0.481. The van der Waals surface area contributed by atoms with Crippen LogP contribution in [0.25, 0.3) is 0 Å². The molecule has 0 saturated carbocycles. The topological polar surface area (TPSA) is 132 Å². The molecule has 0 spiro atoms. The number of phenols is 1. The van der Waals surface area contributed by atoms with Gasteiger partial charge < -0.3 is 10.4 Å². The highest BCUT2D eigenvalue weighted by molar-refractivity contribution is 7.73. The molecular weight excluding hydrogens is 340 g/mol. The van der Waals surface area contributed by atoms with E-state index in [4.69, 9.17) is 12.2 Å². The minimum atomic E-state index is -0.595. The van der Waals surface area contributed by atoms with Crippen molar-refractivity contribution in [2.45, 2.75) is 0 Å². The number of aromatic amines is 1. The molecule has 3 amide bonds. The van der Waals surface area contributed by atoms with Crippen LogP contribution in [-0.2, 0) is 4.79 Å². The van der Waals surface area contributed by atoms with E-state index in [0.29, 0.717) is 14.6 Å². The molecule has 0 radical (unpaired) electrons. The van der Waals surface area contributed by atoms with Gasteiger partial charge in [-0.25, -0.2) is 10.2 Å². The van der Waals surface area contributed by atoms with Gasteiger partial charge in [-0.3, -0.25) is 15.2 Å². The molecule has 0 bridgehead atoms. The summed E-state index contributed by atoms with van der Waals surface area (Å²) in [6.07, 6.45) is 1.30. The Morgan fingerprint density at radius 3 is 2.91 bits per heavy atom. The van der Waals surface area contributed by atoms with Crippen molar-refractivity contribution in [2.24, 2.45) is 5.10 Å². The zero-order chi connectivity index (χ0) is 16.7. The number of rotatable bonds is 5. The van der Waals surface area contributed by atoms with Crippen LogP contribution >= 0.6 is 23.6 Å². The zero-order valence-corrected chi connectivity index (χ0v) is 13.2. The molecule has 0 unspecified atom stereocenters. The molecule has 120 valence electrons. The summed E-state index contributed by atoms with van der Waals surface area (Å²) in [6.45, 7) is -0.278. The molecule has 11 heteroatoms. The van der Waals surface area contributed by atoms with E-state index in [1.54, 1.807) is 18.2 Å². The van der Waals surface area contributed by atoms with Gasteiger partial charge in [0.15, 0.2) is 3.95 Å². The highest BCUT2D eigenvalue weighted by atomic mass is 32.1. The molecule has 1 heterocycles. The smallest absolute Gasteiger partial charge is 0.321 e. The molecule has 2 aromatic rings. The lowest BCUT2D eigenvalue weighted by Crippen LogP contribution is -2.37. The van der Waals surface area contributed by atoms with Crippen LogP contribution in [0.3, 0.4) is 0 Å². The first-order valence-electron chi connectivity index (χ1n) is 6.25. The van der Waals surface area contributed by atoms with Gasteiger partial charge in [0.1, 0.15) is 12.3 Å². The number of hydrogen-bond acceptors (Lipinski definition) is 7. The highest BCUT2D eigenvalue weighted by Gasteiger charge is 2.06. The van der Waals surface area contributed by atoms with Crippen molar-refractivity contribution in [1.82, 2.24) is 20.9 Å². The fourth-order valence-corrected chi connectivity index (χ4v) is 2.18. The van der Waals surface area contributed by atoms with Crippen LogP contribution in [0.15, 0.2) is 29.4 Å². The van der Waals surface area contributed by atoms with Crippen LogP contribution in [-0.4, -0.2) is 40.0 Å². The Morgan fingerprint density at radius 2 is 2.22 bits per heavy atom. The molecule has 0 atom stereocenters. The average Bonchev–Trinajstić information content (AvgIpc) is 2.92. The number of nitrogens with one attached hydrogen (secondary N) is 4. The third-order valence-corrected chi connectivity index (χ3v) is 3.40. The van der Waals surface area contributed by atoms with Crippen LogP contribution in [0.2, 0.25) is 0 Å². The molecular formula is C12H12N6O3S2. The van der Waals surface area contributed by atoms with Crippen molar-refractivity contribution in [2.75, 3.05) is 11.9 Å². The minimum Gasteiger partial charge on any atom is -0.507 e. The lowest BCUT2D eigenvalue weighted by atomic mass is 10.2. The second-order valence-corrected chi connectivity index (χ2v) is 5.74. The number of amides is 3. The summed E-state index contributed by atoms with van der Waals surface area (Å²) >= 11 is 5.91. The van der Waals surface area contributed by atoms with E-state index in [1.165, 1.54) is 12.3 Å². The standard InChI is InChI=1S/C12H12N6O3S2/c19-8-4-2-1-3-7(8)5-14-16-9(20)6-13-10(21)15-11-17-18-12(22)23-11/h1-5,19H,6H2,(H,16,20)(H,18,22)(H2,13,15,17,21). The van der Waals surface area contributed by atoms with E-state index in [9.17, 15) is 14.7 Å². The molecule has 0 saturated heterocycles. The molecule has 9 nitrogen and oxygen atoms in total. The number of hydrogen-bond donors (Lipinski definition) is 5. The number of nitrogens with zero attached hydrogens (tertiary/aromatic N) is 2. The normalized spacial score (nSPS) is 10.4. The number of anilines is 1. The predicted octanol–water partition coefficient (Wildman–Crippen LogP) is 1.18. The molecule has 2 rings (SSSR count). The Hall–Kier alpha value is -2.79. The largest absolute Gasteiger partial charge is 0.507 e.